The molecule has 2 aromatic heterocycles. The van der Waals surface area contributed by atoms with Crippen LogP contribution < -0.4 is 5.56 Å². The predicted octanol–water partition coefficient (Wildman–Crippen LogP) is 0.881. The molecule has 15 heavy (non-hydrogen) atoms. The summed E-state index contributed by atoms with van der Waals surface area (Å²) in [6.45, 7) is 5.61. The molecular weight excluding hydrogens is 192 g/mol. The van der Waals surface area contributed by atoms with E-state index in [4.69, 9.17) is 0 Å². The van der Waals surface area contributed by atoms with Crippen molar-refractivity contribution in [1.82, 2.24) is 19.7 Å². The normalized spacial score (nSPS) is 10.6. The van der Waals surface area contributed by atoms with Crippen molar-refractivity contribution in [3.05, 3.63) is 39.7 Å². The van der Waals surface area contributed by atoms with Gasteiger partial charge in [-0.1, -0.05) is 0 Å². The molecule has 0 bridgehead atoms. The molecule has 0 aliphatic rings. The van der Waals surface area contributed by atoms with Crippen LogP contribution >= 0.6 is 0 Å². The summed E-state index contributed by atoms with van der Waals surface area (Å²) < 4.78 is 1.38. The Morgan fingerprint density at radius 3 is 2.40 bits per heavy atom. The second-order valence-corrected chi connectivity index (χ2v) is 3.44. The van der Waals surface area contributed by atoms with Gasteiger partial charge in [0.2, 0.25) is 0 Å². The first-order valence-electron chi connectivity index (χ1n) is 4.68. The lowest BCUT2D eigenvalue weighted by Crippen LogP contribution is -2.17. The number of H-pyrrole nitrogens is 1. The molecule has 2 rings (SSSR count). The third kappa shape index (κ3) is 1.56. The van der Waals surface area contributed by atoms with Gasteiger partial charge in [0.25, 0.3) is 5.56 Å². The van der Waals surface area contributed by atoms with Crippen molar-refractivity contribution in [3.63, 3.8) is 0 Å². The Labute approximate surface area is 86.8 Å². The highest BCUT2D eigenvalue weighted by Crippen LogP contribution is 2.08. The molecule has 0 spiro atoms. The van der Waals surface area contributed by atoms with E-state index < -0.39 is 0 Å². The lowest BCUT2D eigenvalue weighted by atomic mass is 10.3. The lowest BCUT2D eigenvalue weighted by Gasteiger charge is -2.07. The van der Waals surface area contributed by atoms with Crippen LogP contribution in [0.5, 0.6) is 0 Å². The Bertz CT molecular complexity index is 553. The third-order valence-electron chi connectivity index (χ3n) is 2.32. The molecule has 78 valence electrons. The summed E-state index contributed by atoms with van der Waals surface area (Å²) in [5, 5.41) is 2.81. The standard InChI is InChI=1S/C10H12N4O/c1-6-7(2)13-10(8(3)12-6)14-9(15)4-5-11-14/h4-5,11H,1-3H3. The van der Waals surface area contributed by atoms with Crippen LogP contribution in [-0.2, 0) is 0 Å². The fourth-order valence-corrected chi connectivity index (χ4v) is 1.40. The van der Waals surface area contributed by atoms with Gasteiger partial charge < -0.3 is 0 Å². The maximum absolute atomic E-state index is 11.4. The highest BCUT2D eigenvalue weighted by atomic mass is 16.1. The molecule has 0 radical (unpaired) electrons. The molecular formula is C10H12N4O. The van der Waals surface area contributed by atoms with E-state index in [1.165, 1.54) is 10.7 Å². The molecule has 5 heteroatoms. The maximum atomic E-state index is 11.4. The van der Waals surface area contributed by atoms with Crippen molar-refractivity contribution in [2.45, 2.75) is 20.8 Å². The molecule has 0 aromatic carbocycles. The minimum absolute atomic E-state index is 0.129. The van der Waals surface area contributed by atoms with Gasteiger partial charge in [0, 0.05) is 12.3 Å². The molecule has 0 aliphatic carbocycles. The highest BCUT2D eigenvalue weighted by molar-refractivity contribution is 5.29. The smallest absolute Gasteiger partial charge is 0.272 e. The molecule has 0 fully saturated rings. The Balaban J connectivity index is 2.69. The lowest BCUT2D eigenvalue weighted by molar-refractivity contribution is 0.786. The van der Waals surface area contributed by atoms with Gasteiger partial charge in [-0.05, 0) is 20.8 Å². The third-order valence-corrected chi connectivity index (χ3v) is 2.32. The van der Waals surface area contributed by atoms with Crippen LogP contribution in [0.4, 0.5) is 0 Å². The number of hydrogen-bond donors (Lipinski definition) is 1. The first-order valence-corrected chi connectivity index (χ1v) is 4.68. The van der Waals surface area contributed by atoms with Gasteiger partial charge in [0.15, 0.2) is 5.82 Å². The van der Waals surface area contributed by atoms with Crippen molar-refractivity contribution in [1.29, 1.82) is 0 Å². The Kier molecular flexibility index (Phi) is 2.15. The molecule has 2 aromatic rings. The second kappa shape index (κ2) is 3.34. The van der Waals surface area contributed by atoms with Crippen LogP contribution in [0.2, 0.25) is 0 Å². The van der Waals surface area contributed by atoms with E-state index in [2.05, 4.69) is 15.1 Å². The molecule has 5 nitrogen and oxygen atoms in total. The van der Waals surface area contributed by atoms with Crippen molar-refractivity contribution in [3.8, 4) is 5.82 Å². The van der Waals surface area contributed by atoms with E-state index in [1.807, 2.05) is 20.8 Å². The zero-order valence-electron chi connectivity index (χ0n) is 8.90. The van der Waals surface area contributed by atoms with Crippen LogP contribution in [0, 0.1) is 20.8 Å². The van der Waals surface area contributed by atoms with Gasteiger partial charge in [-0.3, -0.25) is 14.9 Å². The summed E-state index contributed by atoms with van der Waals surface area (Å²) in [7, 11) is 0. The van der Waals surface area contributed by atoms with Gasteiger partial charge >= 0.3 is 0 Å². The SMILES string of the molecule is Cc1nc(C)c(-n2[nH]ccc2=O)nc1C. The van der Waals surface area contributed by atoms with Gasteiger partial charge in [0.05, 0.1) is 17.1 Å². The molecule has 2 heterocycles. The minimum atomic E-state index is -0.129. The number of aromatic nitrogens is 4. The molecule has 0 saturated carbocycles. The van der Waals surface area contributed by atoms with Crippen LogP contribution in [0.15, 0.2) is 17.1 Å². The van der Waals surface area contributed by atoms with Crippen LogP contribution in [0.3, 0.4) is 0 Å². The number of nitrogens with one attached hydrogen (secondary N) is 1. The van der Waals surface area contributed by atoms with E-state index in [9.17, 15) is 4.79 Å². The van der Waals surface area contributed by atoms with Gasteiger partial charge in [0.1, 0.15) is 0 Å². The first kappa shape index (κ1) is 9.64. The van der Waals surface area contributed by atoms with E-state index in [0.717, 1.165) is 17.1 Å². The fourth-order valence-electron chi connectivity index (χ4n) is 1.40. The summed E-state index contributed by atoms with van der Waals surface area (Å²) in [5.74, 6) is 0.563. The molecule has 0 saturated heterocycles. The number of rotatable bonds is 1. The van der Waals surface area contributed by atoms with Crippen LogP contribution in [0.25, 0.3) is 5.82 Å². The van der Waals surface area contributed by atoms with E-state index >= 15 is 0 Å². The topological polar surface area (TPSA) is 63.6 Å². The Morgan fingerprint density at radius 2 is 1.80 bits per heavy atom. The number of hydrogen-bond acceptors (Lipinski definition) is 3. The zero-order valence-corrected chi connectivity index (χ0v) is 8.90. The number of nitrogens with zero attached hydrogens (tertiary/aromatic N) is 3. The second-order valence-electron chi connectivity index (χ2n) is 3.44. The monoisotopic (exact) mass is 204 g/mol. The molecule has 0 atom stereocenters. The maximum Gasteiger partial charge on any atom is 0.272 e. The molecule has 1 N–H and O–H groups in total. The number of aryl methyl sites for hydroxylation is 3. The quantitative estimate of drug-likeness (QED) is 0.750. The predicted molar refractivity (Wildman–Crippen MR) is 56.2 cm³/mol. The van der Waals surface area contributed by atoms with Gasteiger partial charge in [-0.25, -0.2) is 4.98 Å². The first-order chi connectivity index (χ1) is 7.09. The average Bonchev–Trinajstić information content (AvgIpc) is 2.58. The minimum Gasteiger partial charge on any atom is -0.297 e. The zero-order chi connectivity index (χ0) is 11.0. The van der Waals surface area contributed by atoms with Crippen molar-refractivity contribution in [2.24, 2.45) is 0 Å². The largest absolute Gasteiger partial charge is 0.297 e. The Morgan fingerprint density at radius 1 is 1.13 bits per heavy atom. The summed E-state index contributed by atoms with van der Waals surface area (Å²) in [6, 6.07) is 1.45. The van der Waals surface area contributed by atoms with Crippen molar-refractivity contribution >= 4 is 0 Å². The summed E-state index contributed by atoms with van der Waals surface area (Å²) in [6.07, 6.45) is 1.58. The molecule has 0 amide bonds. The van der Waals surface area contributed by atoms with E-state index in [1.54, 1.807) is 6.20 Å². The van der Waals surface area contributed by atoms with Gasteiger partial charge in [-0.15, -0.1) is 0 Å². The van der Waals surface area contributed by atoms with E-state index in [-0.39, 0.29) is 5.56 Å². The summed E-state index contributed by atoms with van der Waals surface area (Å²) in [4.78, 5) is 20.1. The fraction of sp³-hybridized carbons (Fsp3) is 0.300. The van der Waals surface area contributed by atoms with Crippen molar-refractivity contribution in [2.75, 3.05) is 0 Å². The number of aromatic amines is 1. The molecule has 0 unspecified atom stereocenters. The van der Waals surface area contributed by atoms with Crippen LogP contribution in [0.1, 0.15) is 17.1 Å². The average molecular weight is 204 g/mol. The van der Waals surface area contributed by atoms with Crippen LogP contribution in [-0.4, -0.2) is 19.7 Å². The Hall–Kier alpha value is -1.91. The van der Waals surface area contributed by atoms with Crippen molar-refractivity contribution < 1.29 is 0 Å². The summed E-state index contributed by atoms with van der Waals surface area (Å²) >= 11 is 0. The molecule has 0 aliphatic heterocycles. The summed E-state index contributed by atoms with van der Waals surface area (Å²) in [5.41, 5.74) is 2.33. The highest BCUT2D eigenvalue weighted by Gasteiger charge is 2.08. The van der Waals surface area contributed by atoms with E-state index in [0.29, 0.717) is 5.82 Å². The van der Waals surface area contributed by atoms with Gasteiger partial charge in [-0.2, -0.15) is 4.68 Å².